The summed E-state index contributed by atoms with van der Waals surface area (Å²) < 4.78 is 40.3. The summed E-state index contributed by atoms with van der Waals surface area (Å²) in [6.45, 7) is 2.60. The molecule has 0 aliphatic carbocycles. The molecule has 27 heavy (non-hydrogen) atoms. The van der Waals surface area contributed by atoms with E-state index in [4.69, 9.17) is 0 Å². The van der Waals surface area contributed by atoms with Crippen LogP contribution in [0.3, 0.4) is 0 Å². The molecule has 0 aromatic heterocycles. The molecule has 0 aliphatic heterocycles. The normalized spacial score (nSPS) is 11.2. The van der Waals surface area contributed by atoms with Gasteiger partial charge in [-0.25, -0.2) is 12.8 Å². The van der Waals surface area contributed by atoms with Gasteiger partial charge in [-0.05, 0) is 67.4 Å². The van der Waals surface area contributed by atoms with Crippen LogP contribution in [0.1, 0.15) is 11.1 Å². The van der Waals surface area contributed by atoms with Crippen molar-refractivity contribution in [1.29, 1.82) is 0 Å². The molecular weight excluding hydrogens is 363 g/mol. The molecule has 0 bridgehead atoms. The molecule has 0 amide bonds. The molecule has 0 atom stereocenters. The highest BCUT2D eigenvalue weighted by Crippen LogP contribution is 2.19. The smallest absolute Gasteiger partial charge is 0.261 e. The van der Waals surface area contributed by atoms with Gasteiger partial charge in [-0.2, -0.15) is 0 Å². The first-order valence-corrected chi connectivity index (χ1v) is 10.1. The quantitative estimate of drug-likeness (QED) is 0.626. The summed E-state index contributed by atoms with van der Waals surface area (Å²) in [5.74, 6) is -0.240. The van der Waals surface area contributed by atoms with Crippen LogP contribution < -0.4 is 10.0 Å². The van der Waals surface area contributed by atoms with Crippen molar-refractivity contribution in [3.05, 3.63) is 89.7 Å². The van der Waals surface area contributed by atoms with Crippen LogP contribution in [0.25, 0.3) is 0 Å². The Morgan fingerprint density at radius 3 is 2.04 bits per heavy atom. The number of nitrogens with one attached hydrogen (secondary N) is 2. The molecular formula is C21H21FN2O2S. The number of hydrogen-bond acceptors (Lipinski definition) is 3. The van der Waals surface area contributed by atoms with Crippen molar-refractivity contribution >= 4 is 21.4 Å². The second-order valence-corrected chi connectivity index (χ2v) is 7.98. The van der Waals surface area contributed by atoms with Crippen molar-refractivity contribution in [2.24, 2.45) is 0 Å². The van der Waals surface area contributed by atoms with E-state index in [9.17, 15) is 12.8 Å². The Labute approximate surface area is 159 Å². The van der Waals surface area contributed by atoms with E-state index in [1.54, 1.807) is 48.5 Å². The molecule has 0 fully saturated rings. The van der Waals surface area contributed by atoms with Crippen molar-refractivity contribution in [2.75, 3.05) is 16.6 Å². The van der Waals surface area contributed by atoms with E-state index >= 15 is 0 Å². The van der Waals surface area contributed by atoms with Crippen molar-refractivity contribution < 1.29 is 12.8 Å². The molecule has 4 nitrogen and oxygen atoms in total. The maximum atomic E-state index is 12.9. The number of benzene rings is 3. The maximum Gasteiger partial charge on any atom is 0.261 e. The predicted molar refractivity (Wildman–Crippen MR) is 107 cm³/mol. The van der Waals surface area contributed by atoms with Crippen molar-refractivity contribution in [3.63, 3.8) is 0 Å². The number of anilines is 2. The summed E-state index contributed by atoms with van der Waals surface area (Å²) in [6.07, 6.45) is 0.766. The van der Waals surface area contributed by atoms with E-state index in [0.717, 1.165) is 23.2 Å². The van der Waals surface area contributed by atoms with E-state index in [1.165, 1.54) is 12.1 Å². The van der Waals surface area contributed by atoms with Gasteiger partial charge >= 0.3 is 0 Å². The standard InChI is InChI=1S/C21H21FN2O2S/c1-16-2-12-21(13-3-16)27(25,26)24-20-10-8-19(9-11-20)23-15-14-17-4-6-18(22)7-5-17/h2-13,23-24H,14-15H2,1H3. The molecule has 0 saturated carbocycles. The predicted octanol–water partition coefficient (Wildman–Crippen LogP) is 4.59. The highest BCUT2D eigenvalue weighted by Gasteiger charge is 2.13. The van der Waals surface area contributed by atoms with Crippen LogP contribution in [0.4, 0.5) is 15.8 Å². The first-order chi connectivity index (χ1) is 12.9. The number of hydrogen-bond donors (Lipinski definition) is 2. The van der Waals surface area contributed by atoms with E-state index < -0.39 is 10.0 Å². The fourth-order valence-corrected chi connectivity index (χ4v) is 3.65. The fraction of sp³-hybridized carbons (Fsp3) is 0.143. The SMILES string of the molecule is Cc1ccc(S(=O)(=O)Nc2ccc(NCCc3ccc(F)cc3)cc2)cc1. The second kappa shape index (κ2) is 8.22. The summed E-state index contributed by atoms with van der Waals surface area (Å²) in [6, 6.07) is 20.2. The number of rotatable bonds is 7. The molecule has 0 aliphatic rings. The lowest BCUT2D eigenvalue weighted by molar-refractivity contribution is 0.601. The first-order valence-electron chi connectivity index (χ1n) is 8.60. The minimum Gasteiger partial charge on any atom is -0.385 e. The summed E-state index contributed by atoms with van der Waals surface area (Å²) in [5, 5.41) is 3.26. The lowest BCUT2D eigenvalue weighted by atomic mass is 10.1. The van der Waals surface area contributed by atoms with Crippen molar-refractivity contribution in [2.45, 2.75) is 18.2 Å². The second-order valence-electron chi connectivity index (χ2n) is 6.30. The molecule has 0 spiro atoms. The zero-order valence-electron chi connectivity index (χ0n) is 14.9. The van der Waals surface area contributed by atoms with Crippen LogP contribution in [0.15, 0.2) is 77.7 Å². The Balaban J connectivity index is 1.56. The van der Waals surface area contributed by atoms with Gasteiger partial charge in [-0.3, -0.25) is 4.72 Å². The van der Waals surface area contributed by atoms with Crippen LogP contribution in [-0.4, -0.2) is 15.0 Å². The van der Waals surface area contributed by atoms with Gasteiger partial charge in [-0.1, -0.05) is 29.8 Å². The Hall–Kier alpha value is -2.86. The Morgan fingerprint density at radius 2 is 1.41 bits per heavy atom. The van der Waals surface area contributed by atoms with E-state index in [0.29, 0.717) is 12.2 Å². The molecule has 0 unspecified atom stereocenters. The topological polar surface area (TPSA) is 58.2 Å². The highest BCUT2D eigenvalue weighted by molar-refractivity contribution is 7.92. The minimum atomic E-state index is -3.60. The summed E-state index contributed by atoms with van der Waals surface area (Å²) in [5.41, 5.74) is 3.44. The summed E-state index contributed by atoms with van der Waals surface area (Å²) in [7, 11) is -3.60. The molecule has 140 valence electrons. The van der Waals surface area contributed by atoms with E-state index in [1.807, 2.05) is 19.1 Å². The molecule has 6 heteroatoms. The van der Waals surface area contributed by atoms with Crippen LogP contribution in [0.2, 0.25) is 0 Å². The third kappa shape index (κ3) is 5.31. The average molecular weight is 384 g/mol. The third-order valence-corrected chi connectivity index (χ3v) is 5.52. The monoisotopic (exact) mass is 384 g/mol. The third-order valence-electron chi connectivity index (χ3n) is 4.12. The average Bonchev–Trinajstić information content (AvgIpc) is 2.65. The van der Waals surface area contributed by atoms with Gasteiger partial charge in [-0.15, -0.1) is 0 Å². The van der Waals surface area contributed by atoms with Gasteiger partial charge < -0.3 is 5.32 Å². The largest absolute Gasteiger partial charge is 0.385 e. The summed E-state index contributed by atoms with van der Waals surface area (Å²) >= 11 is 0. The fourth-order valence-electron chi connectivity index (χ4n) is 2.59. The lowest BCUT2D eigenvalue weighted by Gasteiger charge is -2.10. The Kier molecular flexibility index (Phi) is 5.76. The number of halogens is 1. The van der Waals surface area contributed by atoms with Crippen molar-refractivity contribution in [3.8, 4) is 0 Å². The van der Waals surface area contributed by atoms with Gasteiger partial charge in [0.25, 0.3) is 10.0 Å². The molecule has 2 N–H and O–H groups in total. The zero-order valence-corrected chi connectivity index (χ0v) is 15.8. The molecule has 3 rings (SSSR count). The molecule has 3 aromatic rings. The molecule has 3 aromatic carbocycles. The van der Waals surface area contributed by atoms with Crippen LogP contribution in [0, 0.1) is 12.7 Å². The van der Waals surface area contributed by atoms with E-state index in [-0.39, 0.29) is 10.7 Å². The first kappa shape index (κ1) is 18.9. The minimum absolute atomic E-state index is 0.231. The van der Waals surface area contributed by atoms with Crippen LogP contribution in [0.5, 0.6) is 0 Å². The van der Waals surface area contributed by atoms with Crippen molar-refractivity contribution in [1.82, 2.24) is 0 Å². The Bertz CT molecular complexity index is 984. The van der Waals surface area contributed by atoms with Gasteiger partial charge in [0.1, 0.15) is 5.82 Å². The van der Waals surface area contributed by atoms with Crippen LogP contribution >= 0.6 is 0 Å². The lowest BCUT2D eigenvalue weighted by Crippen LogP contribution is -2.13. The highest BCUT2D eigenvalue weighted by atomic mass is 32.2. The summed E-state index contributed by atoms with van der Waals surface area (Å²) in [4.78, 5) is 0.231. The number of sulfonamides is 1. The van der Waals surface area contributed by atoms with Gasteiger partial charge in [0, 0.05) is 17.9 Å². The molecule has 0 radical (unpaired) electrons. The Morgan fingerprint density at radius 1 is 0.815 bits per heavy atom. The van der Waals surface area contributed by atoms with Crippen LogP contribution in [-0.2, 0) is 16.4 Å². The number of aryl methyl sites for hydroxylation is 1. The van der Waals surface area contributed by atoms with Gasteiger partial charge in [0.2, 0.25) is 0 Å². The molecule has 0 heterocycles. The van der Waals surface area contributed by atoms with Gasteiger partial charge in [0.15, 0.2) is 0 Å². The maximum absolute atomic E-state index is 12.9. The zero-order chi connectivity index (χ0) is 19.3. The van der Waals surface area contributed by atoms with Gasteiger partial charge in [0.05, 0.1) is 4.90 Å². The van der Waals surface area contributed by atoms with E-state index in [2.05, 4.69) is 10.0 Å². The molecule has 0 saturated heterocycles.